The molecule has 0 aromatic carbocycles. The van der Waals surface area contributed by atoms with Crippen LogP contribution in [0.25, 0.3) is 0 Å². The van der Waals surface area contributed by atoms with Gasteiger partial charge in [-0.3, -0.25) is 0 Å². The first kappa shape index (κ1) is 14.8. The Labute approximate surface area is 91.1 Å². The number of alkyl halides is 3. The summed E-state index contributed by atoms with van der Waals surface area (Å²) in [5, 5.41) is 0. The first-order valence-electron chi connectivity index (χ1n) is 3.98. The van der Waals surface area contributed by atoms with E-state index in [0.29, 0.717) is 0 Å². The second-order valence-corrected chi connectivity index (χ2v) is 4.32. The molecule has 0 spiro atoms. The molecular formula is C8H10F3NO3S. The van der Waals surface area contributed by atoms with Crippen LogP contribution in [-0.2, 0) is 17.2 Å². The lowest BCUT2D eigenvalue weighted by Gasteiger charge is -2.08. The standard InChI is InChI=1S/C7H10N.CHF3O3S/c1-7-4-3-5-8(2)6-7;2-1(3,4)8(5,6)7/h3-6H,1-2H3;(H,5,6,7)/q+1;/p-1. The normalized spacial score (nSPS) is 11.6. The second kappa shape index (κ2) is 5.26. The topological polar surface area (TPSA) is 61.1 Å². The fraction of sp³-hybridized carbons (Fsp3) is 0.375. The minimum atomic E-state index is -6.09. The Kier molecular flexibility index (Phi) is 4.88. The zero-order valence-corrected chi connectivity index (χ0v) is 9.34. The van der Waals surface area contributed by atoms with Crippen molar-refractivity contribution in [3.05, 3.63) is 30.1 Å². The maximum absolute atomic E-state index is 10.7. The Balaban J connectivity index is 0.000000281. The zero-order chi connectivity index (χ0) is 13.0. The molecule has 0 bridgehead atoms. The van der Waals surface area contributed by atoms with Crippen LogP contribution in [0, 0.1) is 6.92 Å². The lowest BCUT2D eigenvalue weighted by atomic mass is 10.3. The SMILES string of the molecule is Cc1ccc[n+](C)c1.O=S(=O)([O-])C(F)(F)F. The highest BCUT2D eigenvalue weighted by molar-refractivity contribution is 7.86. The van der Waals surface area contributed by atoms with Gasteiger partial charge >= 0.3 is 5.51 Å². The number of hydrogen-bond acceptors (Lipinski definition) is 3. The smallest absolute Gasteiger partial charge is 0.485 e. The predicted octanol–water partition coefficient (Wildman–Crippen LogP) is 0.871. The molecule has 8 heteroatoms. The molecule has 0 aliphatic carbocycles. The molecule has 0 amide bonds. The minimum Gasteiger partial charge on any atom is -0.741 e. The summed E-state index contributed by atoms with van der Waals surface area (Å²) in [7, 11) is -4.07. The molecule has 0 fully saturated rings. The molecule has 1 rings (SSSR count). The van der Waals surface area contributed by atoms with Crippen molar-refractivity contribution in [3.8, 4) is 0 Å². The number of halogens is 3. The molecule has 0 radical (unpaired) electrons. The van der Waals surface area contributed by atoms with E-state index in [9.17, 15) is 13.2 Å². The summed E-state index contributed by atoms with van der Waals surface area (Å²) in [6.07, 6.45) is 4.10. The maximum atomic E-state index is 10.7. The van der Waals surface area contributed by atoms with Gasteiger partial charge in [-0.2, -0.15) is 13.2 Å². The van der Waals surface area contributed by atoms with Crippen LogP contribution in [0.4, 0.5) is 13.2 Å². The van der Waals surface area contributed by atoms with Crippen LogP contribution in [0.5, 0.6) is 0 Å². The van der Waals surface area contributed by atoms with Crippen LogP contribution in [0.1, 0.15) is 5.56 Å². The van der Waals surface area contributed by atoms with Crippen LogP contribution in [0.15, 0.2) is 24.5 Å². The molecule has 0 aliphatic rings. The highest BCUT2D eigenvalue weighted by atomic mass is 32.2. The van der Waals surface area contributed by atoms with E-state index < -0.39 is 15.6 Å². The molecule has 1 aromatic rings. The van der Waals surface area contributed by atoms with Crippen molar-refractivity contribution >= 4 is 10.1 Å². The molecule has 92 valence electrons. The van der Waals surface area contributed by atoms with Crippen molar-refractivity contribution in [1.82, 2.24) is 0 Å². The maximum Gasteiger partial charge on any atom is 0.485 e. The van der Waals surface area contributed by atoms with Gasteiger partial charge in [0.1, 0.15) is 7.05 Å². The highest BCUT2D eigenvalue weighted by Gasteiger charge is 2.36. The molecule has 4 nitrogen and oxygen atoms in total. The average molecular weight is 257 g/mol. The van der Waals surface area contributed by atoms with E-state index in [-0.39, 0.29) is 0 Å². The zero-order valence-electron chi connectivity index (χ0n) is 8.52. The molecule has 0 atom stereocenters. The highest BCUT2D eigenvalue weighted by Crippen LogP contribution is 2.20. The molecule has 0 saturated heterocycles. The van der Waals surface area contributed by atoms with E-state index in [1.165, 1.54) is 5.56 Å². The third-order valence-electron chi connectivity index (χ3n) is 1.37. The van der Waals surface area contributed by atoms with E-state index in [0.717, 1.165) is 0 Å². The Morgan fingerprint density at radius 2 is 1.81 bits per heavy atom. The van der Waals surface area contributed by atoms with E-state index >= 15 is 0 Å². The van der Waals surface area contributed by atoms with Gasteiger partial charge in [-0.15, -0.1) is 0 Å². The molecule has 16 heavy (non-hydrogen) atoms. The molecule has 1 aromatic heterocycles. The van der Waals surface area contributed by atoms with Crippen molar-refractivity contribution in [3.63, 3.8) is 0 Å². The van der Waals surface area contributed by atoms with Gasteiger partial charge in [0.15, 0.2) is 22.5 Å². The molecule has 1 heterocycles. The van der Waals surface area contributed by atoms with Crippen molar-refractivity contribution in [2.24, 2.45) is 7.05 Å². The predicted molar refractivity (Wildman–Crippen MR) is 48.1 cm³/mol. The Hall–Kier alpha value is -1.15. The van der Waals surface area contributed by atoms with Crippen LogP contribution in [-0.4, -0.2) is 18.5 Å². The summed E-state index contributed by atoms with van der Waals surface area (Å²) in [4.78, 5) is 0. The molecule has 0 unspecified atom stereocenters. The molecule has 0 N–H and O–H groups in total. The minimum absolute atomic E-state index is 1.30. The second-order valence-electron chi connectivity index (χ2n) is 2.95. The fourth-order valence-electron chi connectivity index (χ4n) is 0.738. The van der Waals surface area contributed by atoms with E-state index in [4.69, 9.17) is 13.0 Å². The Morgan fingerprint density at radius 3 is 2.00 bits per heavy atom. The third-order valence-corrected chi connectivity index (χ3v) is 1.94. The molecular weight excluding hydrogens is 247 g/mol. The van der Waals surface area contributed by atoms with Gasteiger partial charge in [0, 0.05) is 11.6 Å². The van der Waals surface area contributed by atoms with Crippen LogP contribution < -0.4 is 4.57 Å². The first-order chi connectivity index (χ1) is 7.04. The van der Waals surface area contributed by atoms with E-state index in [2.05, 4.69) is 19.2 Å². The van der Waals surface area contributed by atoms with Crippen molar-refractivity contribution in [1.29, 1.82) is 0 Å². The van der Waals surface area contributed by atoms with Gasteiger partial charge in [-0.25, -0.2) is 13.0 Å². The van der Waals surface area contributed by atoms with Crippen LogP contribution in [0.3, 0.4) is 0 Å². The van der Waals surface area contributed by atoms with Gasteiger partial charge in [-0.05, 0) is 13.0 Å². The van der Waals surface area contributed by atoms with Crippen LogP contribution >= 0.6 is 0 Å². The van der Waals surface area contributed by atoms with Crippen LogP contribution in [0.2, 0.25) is 0 Å². The monoisotopic (exact) mass is 257 g/mol. The average Bonchev–Trinajstić information content (AvgIpc) is 2.00. The lowest BCUT2D eigenvalue weighted by molar-refractivity contribution is -0.671. The summed E-state index contributed by atoms with van der Waals surface area (Å²) in [5.41, 5.74) is -4.34. The molecule has 0 saturated carbocycles. The number of rotatable bonds is 0. The van der Waals surface area contributed by atoms with E-state index in [1.807, 2.05) is 23.9 Å². The Morgan fingerprint density at radius 1 is 1.38 bits per heavy atom. The first-order valence-corrected chi connectivity index (χ1v) is 5.39. The number of pyridine rings is 1. The van der Waals surface area contributed by atoms with Crippen molar-refractivity contribution < 1.29 is 30.7 Å². The largest absolute Gasteiger partial charge is 0.741 e. The van der Waals surface area contributed by atoms with Gasteiger partial charge in [-0.1, -0.05) is 0 Å². The molecule has 0 aliphatic heterocycles. The van der Waals surface area contributed by atoms with Gasteiger partial charge in [0.05, 0.1) is 0 Å². The number of aromatic nitrogens is 1. The van der Waals surface area contributed by atoms with Gasteiger partial charge < -0.3 is 4.55 Å². The summed E-state index contributed by atoms with van der Waals surface area (Å²) < 4.78 is 60.9. The summed E-state index contributed by atoms with van der Waals surface area (Å²) in [6.45, 7) is 2.08. The Bertz CT molecular complexity index is 425. The number of aryl methyl sites for hydroxylation is 2. The fourth-order valence-corrected chi connectivity index (χ4v) is 0.738. The summed E-state index contributed by atoms with van der Waals surface area (Å²) in [6, 6.07) is 4.12. The quantitative estimate of drug-likeness (QED) is 0.393. The third kappa shape index (κ3) is 5.66. The van der Waals surface area contributed by atoms with Gasteiger partial charge in [0.25, 0.3) is 0 Å². The van der Waals surface area contributed by atoms with Crippen molar-refractivity contribution in [2.45, 2.75) is 12.4 Å². The summed E-state index contributed by atoms with van der Waals surface area (Å²) >= 11 is 0. The lowest BCUT2D eigenvalue weighted by Crippen LogP contribution is -2.26. The number of hydrogen-bond donors (Lipinski definition) is 0. The van der Waals surface area contributed by atoms with Crippen molar-refractivity contribution in [2.75, 3.05) is 0 Å². The van der Waals surface area contributed by atoms with Gasteiger partial charge in [0.2, 0.25) is 0 Å². The summed E-state index contributed by atoms with van der Waals surface area (Å²) in [5.74, 6) is 0. The van der Waals surface area contributed by atoms with E-state index in [1.54, 1.807) is 0 Å². The number of nitrogens with zero attached hydrogens (tertiary/aromatic N) is 1.